The highest BCUT2D eigenvalue weighted by molar-refractivity contribution is 7.99. The van der Waals surface area contributed by atoms with Crippen LogP contribution in [0.2, 0.25) is 0 Å². The number of ether oxygens (including phenoxy) is 1. The van der Waals surface area contributed by atoms with Crippen molar-refractivity contribution in [1.29, 1.82) is 0 Å². The number of anilines is 1. The summed E-state index contributed by atoms with van der Waals surface area (Å²) in [6.45, 7) is 3.81. The van der Waals surface area contributed by atoms with E-state index in [0.717, 1.165) is 4.90 Å². The van der Waals surface area contributed by atoms with Gasteiger partial charge in [0.05, 0.1) is 18.9 Å². The molecule has 0 radical (unpaired) electrons. The summed E-state index contributed by atoms with van der Waals surface area (Å²) in [5.74, 6) is -1.14. The van der Waals surface area contributed by atoms with E-state index in [0.29, 0.717) is 5.69 Å². The molecule has 0 saturated carbocycles. The second kappa shape index (κ2) is 12.7. The number of benzene rings is 1. The smallest absolute Gasteiger partial charge is 0.328 e. The van der Waals surface area contributed by atoms with Crippen LogP contribution in [0.25, 0.3) is 0 Å². The third-order valence-electron chi connectivity index (χ3n) is 5.27. The van der Waals surface area contributed by atoms with Crippen molar-refractivity contribution < 1.29 is 23.9 Å². The summed E-state index contributed by atoms with van der Waals surface area (Å²) in [4.78, 5) is 52.8. The van der Waals surface area contributed by atoms with Gasteiger partial charge in [-0.05, 0) is 43.0 Å². The van der Waals surface area contributed by atoms with Crippen LogP contribution in [-0.2, 0) is 19.1 Å². The monoisotopic (exact) mass is 496 g/mol. The summed E-state index contributed by atoms with van der Waals surface area (Å²) in [5, 5.41) is 8.37. The van der Waals surface area contributed by atoms with Crippen molar-refractivity contribution in [3.63, 3.8) is 0 Å². The molecule has 1 saturated heterocycles. The maximum atomic E-state index is 13.0. The summed E-state index contributed by atoms with van der Waals surface area (Å²) in [7, 11) is 1.27. The summed E-state index contributed by atoms with van der Waals surface area (Å²) < 4.78 is 4.79. The molecule has 1 aromatic carbocycles. The molecule has 3 atom stereocenters. The van der Waals surface area contributed by atoms with Crippen molar-refractivity contribution >= 4 is 53.0 Å². The number of hydrogen-bond donors (Lipinski definition) is 3. The van der Waals surface area contributed by atoms with Crippen LogP contribution < -0.4 is 16.0 Å². The lowest BCUT2D eigenvalue weighted by Crippen LogP contribution is -2.53. The number of methoxy groups -OCH3 is 1. The number of rotatable bonds is 9. The molecule has 3 unspecified atom stereocenters. The first-order valence-electron chi connectivity index (χ1n) is 10.6. The van der Waals surface area contributed by atoms with Gasteiger partial charge in [-0.3, -0.25) is 9.59 Å². The van der Waals surface area contributed by atoms with Gasteiger partial charge in [-0.1, -0.05) is 19.9 Å². The lowest BCUT2D eigenvalue weighted by molar-refractivity contribution is -0.147. The van der Waals surface area contributed by atoms with Crippen molar-refractivity contribution in [2.45, 2.75) is 43.3 Å². The van der Waals surface area contributed by atoms with E-state index < -0.39 is 36.0 Å². The van der Waals surface area contributed by atoms with Crippen LogP contribution in [0, 0.1) is 5.92 Å². The molecule has 1 aromatic rings. The molecule has 0 spiro atoms. The highest BCUT2D eigenvalue weighted by Gasteiger charge is 2.41. The first-order chi connectivity index (χ1) is 15.7. The zero-order valence-electron chi connectivity index (χ0n) is 19.5. The van der Waals surface area contributed by atoms with E-state index in [2.05, 4.69) is 16.0 Å². The normalized spacial score (nSPS) is 18.5. The van der Waals surface area contributed by atoms with Crippen LogP contribution in [0.4, 0.5) is 10.5 Å². The third-order valence-corrected chi connectivity index (χ3v) is 6.54. The lowest BCUT2D eigenvalue weighted by atomic mass is 10.0. The molecular formula is C22H32N4O5S2. The number of esters is 1. The minimum absolute atomic E-state index is 0.185. The molecule has 182 valence electrons. The van der Waals surface area contributed by atoms with Crippen molar-refractivity contribution in [1.82, 2.24) is 15.5 Å². The van der Waals surface area contributed by atoms with E-state index in [1.54, 1.807) is 37.9 Å². The summed E-state index contributed by atoms with van der Waals surface area (Å²) in [6, 6.07) is 5.02. The van der Waals surface area contributed by atoms with Gasteiger partial charge in [-0.25, -0.2) is 9.59 Å². The number of nitrogens with one attached hydrogen (secondary N) is 3. The third kappa shape index (κ3) is 7.56. The van der Waals surface area contributed by atoms with Crippen molar-refractivity contribution in [3.05, 3.63) is 24.3 Å². The van der Waals surface area contributed by atoms with Gasteiger partial charge in [0.25, 0.3) is 0 Å². The molecule has 11 heteroatoms. The maximum absolute atomic E-state index is 13.0. The fourth-order valence-corrected chi connectivity index (χ4v) is 4.47. The second-order valence-corrected chi connectivity index (χ2v) is 9.76. The largest absolute Gasteiger partial charge is 0.467 e. The number of carbonyl (C=O) groups excluding carboxylic acids is 4. The zero-order chi connectivity index (χ0) is 24.5. The molecule has 3 N–H and O–H groups in total. The molecule has 1 fully saturated rings. The quantitative estimate of drug-likeness (QED) is 0.354. The molecular weight excluding hydrogens is 464 g/mol. The van der Waals surface area contributed by atoms with E-state index in [1.165, 1.54) is 23.8 Å². The van der Waals surface area contributed by atoms with Gasteiger partial charge in [-0.15, -0.1) is 11.8 Å². The molecule has 0 bridgehead atoms. The predicted octanol–water partition coefficient (Wildman–Crippen LogP) is 2.18. The Bertz CT molecular complexity index is 867. The number of hydrogen-bond acceptors (Lipinski definition) is 7. The number of amides is 4. The Labute approximate surface area is 203 Å². The molecule has 2 rings (SSSR count). The topological polar surface area (TPSA) is 117 Å². The standard InChI is InChI=1S/C22H32N4O5S2/c1-13(2)19(21(29)31-3)25-20(28)17-10-15(11-26(17)18(27)12-32-4)24-22(30)23-14-7-6-8-16(9-14)33-5/h6-9,13,15,17,19H,10-12H2,1-5H3,(H,25,28)(H2,23,24,30). The van der Waals surface area contributed by atoms with Gasteiger partial charge in [0.15, 0.2) is 0 Å². The number of likely N-dealkylation sites (tertiary alicyclic amines) is 1. The molecule has 0 aromatic heterocycles. The highest BCUT2D eigenvalue weighted by Crippen LogP contribution is 2.22. The highest BCUT2D eigenvalue weighted by atomic mass is 32.2. The van der Waals surface area contributed by atoms with Gasteiger partial charge >= 0.3 is 12.0 Å². The molecule has 1 aliphatic rings. The van der Waals surface area contributed by atoms with Crippen LogP contribution in [0.5, 0.6) is 0 Å². The minimum atomic E-state index is -0.820. The molecule has 1 aliphatic heterocycles. The minimum Gasteiger partial charge on any atom is -0.467 e. The second-order valence-electron chi connectivity index (χ2n) is 8.01. The van der Waals surface area contributed by atoms with E-state index in [4.69, 9.17) is 4.74 Å². The Morgan fingerprint density at radius 1 is 1.21 bits per heavy atom. The van der Waals surface area contributed by atoms with Crippen LogP contribution in [0.15, 0.2) is 29.2 Å². The average molecular weight is 497 g/mol. The summed E-state index contributed by atoms with van der Waals surface area (Å²) >= 11 is 2.93. The molecule has 9 nitrogen and oxygen atoms in total. The van der Waals surface area contributed by atoms with E-state index in [-0.39, 0.29) is 30.5 Å². The molecule has 33 heavy (non-hydrogen) atoms. The number of carbonyl (C=O) groups is 4. The first-order valence-corrected chi connectivity index (χ1v) is 13.2. The van der Waals surface area contributed by atoms with Crippen LogP contribution in [0.1, 0.15) is 20.3 Å². The Kier molecular flexibility index (Phi) is 10.4. The van der Waals surface area contributed by atoms with Crippen molar-refractivity contribution in [2.75, 3.05) is 37.2 Å². The fourth-order valence-electron chi connectivity index (χ4n) is 3.60. The fraction of sp³-hybridized carbons (Fsp3) is 0.545. The first kappa shape index (κ1) is 26.8. The van der Waals surface area contributed by atoms with Crippen LogP contribution >= 0.6 is 23.5 Å². The van der Waals surface area contributed by atoms with Gasteiger partial charge in [0.1, 0.15) is 12.1 Å². The number of urea groups is 1. The van der Waals surface area contributed by atoms with Gasteiger partial charge in [0, 0.05) is 17.1 Å². The Balaban J connectivity index is 2.09. The Morgan fingerprint density at radius 2 is 1.94 bits per heavy atom. The number of thioether (sulfide) groups is 2. The zero-order valence-corrected chi connectivity index (χ0v) is 21.2. The molecule has 1 heterocycles. The van der Waals surface area contributed by atoms with Crippen LogP contribution in [0.3, 0.4) is 0 Å². The van der Waals surface area contributed by atoms with Crippen molar-refractivity contribution in [3.8, 4) is 0 Å². The Morgan fingerprint density at radius 3 is 2.55 bits per heavy atom. The van der Waals surface area contributed by atoms with E-state index >= 15 is 0 Å². The summed E-state index contributed by atoms with van der Waals surface area (Å²) in [6.07, 6.45) is 4.00. The summed E-state index contributed by atoms with van der Waals surface area (Å²) in [5.41, 5.74) is 0.653. The predicted molar refractivity (Wildman–Crippen MR) is 131 cm³/mol. The lowest BCUT2D eigenvalue weighted by Gasteiger charge is -2.26. The van der Waals surface area contributed by atoms with E-state index in [9.17, 15) is 19.2 Å². The molecule has 0 aliphatic carbocycles. The average Bonchev–Trinajstić information content (AvgIpc) is 3.20. The molecule has 4 amide bonds. The van der Waals surface area contributed by atoms with Crippen LogP contribution in [-0.4, -0.2) is 78.8 Å². The maximum Gasteiger partial charge on any atom is 0.328 e. The van der Waals surface area contributed by atoms with E-state index in [1.807, 2.05) is 24.5 Å². The SMILES string of the molecule is COC(=O)C(NC(=O)C1CC(NC(=O)Nc2cccc(SC)c2)CN1C(=O)CSC)C(C)C. The van der Waals surface area contributed by atoms with Gasteiger partial charge in [0.2, 0.25) is 11.8 Å². The van der Waals surface area contributed by atoms with Gasteiger partial charge in [-0.2, -0.15) is 11.8 Å². The van der Waals surface area contributed by atoms with Crippen molar-refractivity contribution in [2.24, 2.45) is 5.92 Å². The van der Waals surface area contributed by atoms with Gasteiger partial charge < -0.3 is 25.6 Å². The number of nitrogens with zero attached hydrogens (tertiary/aromatic N) is 1. The Hall–Kier alpha value is -2.40.